The molecule has 0 bridgehead atoms. The second-order valence-electron chi connectivity index (χ2n) is 9.25. The summed E-state index contributed by atoms with van der Waals surface area (Å²) in [6.07, 6.45) is 6.38. The lowest BCUT2D eigenvalue weighted by Crippen LogP contribution is -2.54. The van der Waals surface area contributed by atoms with Crippen molar-refractivity contribution in [3.63, 3.8) is 0 Å². The van der Waals surface area contributed by atoms with Gasteiger partial charge in [0.25, 0.3) is 0 Å². The van der Waals surface area contributed by atoms with E-state index in [1.165, 1.54) is 5.56 Å². The largest absolute Gasteiger partial charge is 0.481 e. The van der Waals surface area contributed by atoms with Gasteiger partial charge in [-0.05, 0) is 56.4 Å². The van der Waals surface area contributed by atoms with E-state index in [0.29, 0.717) is 44.6 Å². The van der Waals surface area contributed by atoms with Crippen molar-refractivity contribution in [2.24, 2.45) is 11.3 Å². The minimum absolute atomic E-state index is 0.0774. The number of amides is 1. The van der Waals surface area contributed by atoms with Crippen LogP contribution in [0.3, 0.4) is 0 Å². The average molecular weight is 418 g/mol. The maximum Gasteiger partial charge on any atom is 0.306 e. The van der Waals surface area contributed by atoms with Gasteiger partial charge in [-0.1, -0.05) is 43.2 Å². The van der Waals surface area contributed by atoms with Crippen LogP contribution >= 0.6 is 0 Å². The zero-order valence-corrected chi connectivity index (χ0v) is 17.9. The minimum atomic E-state index is -0.868. The van der Waals surface area contributed by atoms with Gasteiger partial charge in [0.1, 0.15) is 0 Å². The van der Waals surface area contributed by atoms with Gasteiger partial charge in [0.2, 0.25) is 5.91 Å². The number of carboxylic acids is 1. The van der Waals surface area contributed by atoms with E-state index in [9.17, 15) is 19.8 Å². The van der Waals surface area contributed by atoms with Crippen molar-refractivity contribution < 1.29 is 24.5 Å². The summed E-state index contributed by atoms with van der Waals surface area (Å²) in [6, 6.07) is 10.2. The first-order chi connectivity index (χ1) is 14.4. The molecule has 0 heterocycles. The summed E-state index contributed by atoms with van der Waals surface area (Å²) >= 11 is 0. The number of carbonyl (C=O) groups is 2. The van der Waals surface area contributed by atoms with E-state index in [4.69, 9.17) is 4.74 Å². The van der Waals surface area contributed by atoms with Crippen molar-refractivity contribution in [2.45, 2.75) is 69.2 Å². The Morgan fingerprint density at radius 3 is 2.50 bits per heavy atom. The number of hydrogen-bond donors (Lipinski definition) is 3. The van der Waals surface area contributed by atoms with Gasteiger partial charge in [-0.2, -0.15) is 0 Å². The Morgan fingerprint density at radius 1 is 1.20 bits per heavy atom. The maximum absolute atomic E-state index is 13.5. The Labute approximate surface area is 179 Å². The molecule has 1 amide bonds. The van der Waals surface area contributed by atoms with E-state index >= 15 is 0 Å². The number of methoxy groups -OCH3 is 1. The van der Waals surface area contributed by atoms with Crippen molar-refractivity contribution in [3.05, 3.63) is 35.9 Å². The Morgan fingerprint density at radius 2 is 1.90 bits per heavy atom. The number of rotatable bonds is 10. The maximum atomic E-state index is 13.5. The molecule has 2 aliphatic rings. The second kappa shape index (κ2) is 9.92. The molecular formula is C24H35NO5. The molecule has 3 atom stereocenters. The molecule has 3 rings (SSSR count). The zero-order chi connectivity index (χ0) is 21.6. The van der Waals surface area contributed by atoms with Crippen LogP contribution in [0.4, 0.5) is 0 Å². The summed E-state index contributed by atoms with van der Waals surface area (Å²) in [6.45, 7) is 0.276. The molecule has 6 heteroatoms. The number of aliphatic hydroxyl groups is 1. The SMILES string of the molecule is COCCC(CC1(C(=O)NC2(CO)CCC(c3ccccc3)C2)CCCC1)C(=O)O. The van der Waals surface area contributed by atoms with Gasteiger partial charge in [0, 0.05) is 13.7 Å². The summed E-state index contributed by atoms with van der Waals surface area (Å²) in [4.78, 5) is 25.3. The number of ether oxygens (including phenoxy) is 1. The van der Waals surface area contributed by atoms with Crippen molar-refractivity contribution in [1.82, 2.24) is 5.32 Å². The number of benzene rings is 1. The lowest BCUT2D eigenvalue weighted by Gasteiger charge is -2.36. The molecule has 0 aliphatic heterocycles. The summed E-state index contributed by atoms with van der Waals surface area (Å²) in [7, 11) is 1.56. The first-order valence-electron chi connectivity index (χ1n) is 11.1. The summed E-state index contributed by atoms with van der Waals surface area (Å²) in [5.74, 6) is -1.23. The third-order valence-electron chi connectivity index (χ3n) is 7.26. The highest BCUT2D eigenvalue weighted by Gasteiger charge is 2.48. The van der Waals surface area contributed by atoms with Crippen LogP contribution in [0, 0.1) is 11.3 Å². The van der Waals surface area contributed by atoms with Crippen LogP contribution in [0.25, 0.3) is 0 Å². The van der Waals surface area contributed by atoms with Crippen molar-refractivity contribution in [3.8, 4) is 0 Å². The second-order valence-corrected chi connectivity index (χ2v) is 9.25. The van der Waals surface area contributed by atoms with Crippen LogP contribution in [0.15, 0.2) is 30.3 Å². The Hall–Kier alpha value is -1.92. The van der Waals surface area contributed by atoms with E-state index in [1.54, 1.807) is 7.11 Å². The van der Waals surface area contributed by atoms with Crippen molar-refractivity contribution in [2.75, 3.05) is 20.3 Å². The molecule has 1 aromatic rings. The highest BCUT2D eigenvalue weighted by atomic mass is 16.5. The monoisotopic (exact) mass is 417 g/mol. The molecule has 3 unspecified atom stereocenters. The topological polar surface area (TPSA) is 95.9 Å². The molecule has 1 aromatic carbocycles. The van der Waals surface area contributed by atoms with E-state index in [0.717, 1.165) is 25.7 Å². The fraction of sp³-hybridized carbons (Fsp3) is 0.667. The van der Waals surface area contributed by atoms with E-state index in [-0.39, 0.29) is 12.5 Å². The first-order valence-corrected chi connectivity index (χ1v) is 11.1. The number of carbonyl (C=O) groups excluding carboxylic acids is 1. The number of nitrogens with one attached hydrogen (secondary N) is 1. The third kappa shape index (κ3) is 5.03. The third-order valence-corrected chi connectivity index (χ3v) is 7.26. The number of carboxylic acid groups (broad SMARTS) is 1. The van der Waals surface area contributed by atoms with Crippen molar-refractivity contribution >= 4 is 11.9 Å². The molecule has 2 fully saturated rings. The summed E-state index contributed by atoms with van der Waals surface area (Å²) in [5, 5.41) is 23.1. The van der Waals surface area contributed by atoms with Crippen LogP contribution in [0.1, 0.15) is 69.3 Å². The molecule has 0 spiro atoms. The molecule has 2 aliphatic carbocycles. The fourth-order valence-electron chi connectivity index (χ4n) is 5.43. The normalized spacial score (nSPS) is 26.4. The Bertz CT molecular complexity index is 716. The smallest absolute Gasteiger partial charge is 0.306 e. The van der Waals surface area contributed by atoms with Crippen molar-refractivity contribution in [1.29, 1.82) is 0 Å². The molecule has 0 aromatic heterocycles. The van der Waals surface area contributed by atoms with Gasteiger partial charge in [0.15, 0.2) is 0 Å². The highest BCUT2D eigenvalue weighted by Crippen LogP contribution is 2.46. The summed E-state index contributed by atoms with van der Waals surface area (Å²) < 4.78 is 5.08. The number of hydrogen-bond acceptors (Lipinski definition) is 4. The first kappa shape index (κ1) is 22.8. The Balaban J connectivity index is 1.73. The molecular weight excluding hydrogens is 382 g/mol. The molecule has 3 N–H and O–H groups in total. The molecule has 0 saturated heterocycles. The van der Waals surface area contributed by atoms with Crippen LogP contribution in [0.2, 0.25) is 0 Å². The molecule has 0 radical (unpaired) electrons. The predicted molar refractivity (Wildman–Crippen MR) is 114 cm³/mol. The van der Waals surface area contributed by atoms with Crippen LogP contribution < -0.4 is 5.32 Å². The van der Waals surface area contributed by atoms with Gasteiger partial charge in [-0.3, -0.25) is 9.59 Å². The molecule has 166 valence electrons. The quantitative estimate of drug-likeness (QED) is 0.542. The molecule has 2 saturated carbocycles. The lowest BCUT2D eigenvalue weighted by atomic mass is 9.75. The molecule has 6 nitrogen and oxygen atoms in total. The summed E-state index contributed by atoms with van der Waals surface area (Å²) in [5.41, 5.74) is -0.0504. The van der Waals surface area contributed by atoms with Crippen LogP contribution in [0.5, 0.6) is 0 Å². The van der Waals surface area contributed by atoms with Gasteiger partial charge in [-0.25, -0.2) is 0 Å². The van der Waals surface area contributed by atoms with Gasteiger partial charge in [-0.15, -0.1) is 0 Å². The zero-order valence-electron chi connectivity index (χ0n) is 17.9. The Kier molecular flexibility index (Phi) is 7.53. The van der Waals surface area contributed by atoms with Gasteiger partial charge in [0.05, 0.1) is 23.5 Å². The predicted octanol–water partition coefficient (Wildman–Crippen LogP) is 3.49. The molecule has 30 heavy (non-hydrogen) atoms. The van der Waals surface area contributed by atoms with Crippen LogP contribution in [-0.2, 0) is 14.3 Å². The lowest BCUT2D eigenvalue weighted by molar-refractivity contribution is -0.145. The van der Waals surface area contributed by atoms with Gasteiger partial charge >= 0.3 is 5.97 Å². The highest BCUT2D eigenvalue weighted by molar-refractivity contribution is 5.84. The minimum Gasteiger partial charge on any atom is -0.481 e. The van der Waals surface area contributed by atoms with E-state index < -0.39 is 22.8 Å². The standard InChI is InChI=1S/C24H35NO5/c1-30-14-10-20(21(27)28)15-23(11-5-6-12-23)22(29)25-24(17-26)13-9-19(16-24)18-7-3-2-4-8-18/h2-4,7-8,19-20,26H,5-6,9-17H2,1H3,(H,25,29)(H,27,28). The number of aliphatic carboxylic acids is 1. The average Bonchev–Trinajstić information content (AvgIpc) is 3.40. The van der Waals surface area contributed by atoms with Gasteiger partial charge < -0.3 is 20.3 Å². The van der Waals surface area contributed by atoms with Crippen LogP contribution in [-0.4, -0.2) is 48.0 Å². The number of aliphatic hydroxyl groups excluding tert-OH is 1. The van der Waals surface area contributed by atoms with E-state index in [1.807, 2.05) is 18.2 Å². The fourth-order valence-corrected chi connectivity index (χ4v) is 5.43. The van der Waals surface area contributed by atoms with E-state index in [2.05, 4.69) is 17.4 Å².